The number of aryl methyl sites for hydroxylation is 1. The van der Waals surface area contributed by atoms with Crippen LogP contribution in [0.5, 0.6) is 5.88 Å². The van der Waals surface area contributed by atoms with Crippen LogP contribution in [-0.2, 0) is 13.0 Å². The van der Waals surface area contributed by atoms with E-state index in [4.69, 9.17) is 9.72 Å². The molecule has 1 aromatic heterocycles. The molecule has 1 aliphatic rings. The number of fused-ring (bicyclic) bond motifs is 2. The third-order valence-corrected chi connectivity index (χ3v) is 7.70. The summed E-state index contributed by atoms with van der Waals surface area (Å²) in [7, 11) is 1.68. The largest absolute Gasteiger partial charge is 0.414 e. The van der Waals surface area contributed by atoms with Gasteiger partial charge in [0.2, 0.25) is 5.88 Å². The lowest BCUT2D eigenvalue weighted by molar-refractivity contribution is 0.0992. The molecule has 1 aliphatic heterocycles. The molecule has 4 aromatic carbocycles. The zero-order valence-electron chi connectivity index (χ0n) is 23.0. The molecule has 0 unspecified atom stereocenters. The zero-order chi connectivity index (χ0) is 28.2. The lowest BCUT2D eigenvalue weighted by Gasteiger charge is -2.21. The van der Waals surface area contributed by atoms with Gasteiger partial charge in [0, 0.05) is 38.0 Å². The quantitative estimate of drug-likeness (QED) is 0.251. The molecule has 41 heavy (non-hydrogen) atoms. The highest BCUT2D eigenvalue weighted by Gasteiger charge is 2.29. The Kier molecular flexibility index (Phi) is 7.50. The van der Waals surface area contributed by atoms with Gasteiger partial charge in [0.25, 0.3) is 5.91 Å². The molecule has 1 N–H and O–H groups in total. The van der Waals surface area contributed by atoms with Gasteiger partial charge in [-0.3, -0.25) is 14.3 Å². The molecule has 0 aliphatic carbocycles. The van der Waals surface area contributed by atoms with E-state index >= 15 is 0 Å². The SMILES string of the molecule is CN(C(=O)c1cccc2ccccc12)c1nc2n(c1OC(=O)NCC(c1ccccc1)c1ccccc1)CCCC2. The summed E-state index contributed by atoms with van der Waals surface area (Å²) in [5.41, 5.74) is 2.77. The first-order valence-electron chi connectivity index (χ1n) is 14.0. The van der Waals surface area contributed by atoms with E-state index in [9.17, 15) is 9.59 Å². The minimum atomic E-state index is -0.581. The monoisotopic (exact) mass is 544 g/mol. The number of amides is 2. The van der Waals surface area contributed by atoms with Gasteiger partial charge >= 0.3 is 6.09 Å². The fourth-order valence-electron chi connectivity index (χ4n) is 5.56. The maximum Gasteiger partial charge on any atom is 0.414 e. The Hall–Kier alpha value is -4.91. The third kappa shape index (κ3) is 5.43. The smallest absolute Gasteiger partial charge is 0.389 e. The van der Waals surface area contributed by atoms with Crippen LogP contribution in [0.3, 0.4) is 0 Å². The van der Waals surface area contributed by atoms with E-state index in [1.807, 2.05) is 83.4 Å². The Morgan fingerprint density at radius 1 is 0.878 bits per heavy atom. The number of hydrogen-bond acceptors (Lipinski definition) is 4. The molecule has 2 heterocycles. The van der Waals surface area contributed by atoms with Gasteiger partial charge in [0.15, 0.2) is 5.82 Å². The molecule has 7 heteroatoms. The van der Waals surface area contributed by atoms with Gasteiger partial charge in [-0.15, -0.1) is 0 Å². The topological polar surface area (TPSA) is 76.5 Å². The number of aromatic nitrogens is 2. The minimum Gasteiger partial charge on any atom is -0.389 e. The van der Waals surface area contributed by atoms with E-state index in [0.717, 1.165) is 47.0 Å². The number of imidazole rings is 1. The van der Waals surface area contributed by atoms with E-state index in [2.05, 4.69) is 29.6 Å². The van der Waals surface area contributed by atoms with Crippen molar-refractivity contribution in [3.63, 3.8) is 0 Å². The molecule has 0 atom stereocenters. The van der Waals surface area contributed by atoms with Crippen molar-refractivity contribution in [2.24, 2.45) is 0 Å². The van der Waals surface area contributed by atoms with Crippen LogP contribution < -0.4 is 15.0 Å². The van der Waals surface area contributed by atoms with E-state index in [1.165, 1.54) is 4.90 Å². The van der Waals surface area contributed by atoms with E-state index < -0.39 is 6.09 Å². The van der Waals surface area contributed by atoms with Crippen molar-refractivity contribution in [2.75, 3.05) is 18.5 Å². The molecular weight excluding hydrogens is 512 g/mol. The van der Waals surface area contributed by atoms with Gasteiger partial charge in [-0.2, -0.15) is 0 Å². The van der Waals surface area contributed by atoms with Crippen molar-refractivity contribution < 1.29 is 14.3 Å². The van der Waals surface area contributed by atoms with E-state index in [-0.39, 0.29) is 11.8 Å². The molecule has 0 bridgehead atoms. The van der Waals surface area contributed by atoms with Crippen LogP contribution in [-0.4, -0.2) is 35.1 Å². The second-order valence-corrected chi connectivity index (χ2v) is 10.3. The second-order valence-electron chi connectivity index (χ2n) is 10.3. The summed E-state index contributed by atoms with van der Waals surface area (Å²) in [6.45, 7) is 1.03. The van der Waals surface area contributed by atoms with Gasteiger partial charge in [0.1, 0.15) is 5.82 Å². The first-order valence-corrected chi connectivity index (χ1v) is 14.0. The Morgan fingerprint density at radius 3 is 2.27 bits per heavy atom. The summed E-state index contributed by atoms with van der Waals surface area (Å²) in [5, 5.41) is 4.82. The molecule has 6 rings (SSSR count). The van der Waals surface area contributed by atoms with Crippen molar-refractivity contribution in [1.82, 2.24) is 14.9 Å². The number of anilines is 1. The van der Waals surface area contributed by atoms with Crippen molar-refractivity contribution in [3.05, 3.63) is 126 Å². The van der Waals surface area contributed by atoms with E-state index in [1.54, 1.807) is 7.05 Å². The first kappa shape index (κ1) is 26.3. The van der Waals surface area contributed by atoms with Crippen LogP contribution in [0.4, 0.5) is 10.6 Å². The van der Waals surface area contributed by atoms with Crippen LogP contribution >= 0.6 is 0 Å². The fourth-order valence-corrected chi connectivity index (χ4v) is 5.56. The van der Waals surface area contributed by atoms with Crippen LogP contribution in [0.1, 0.15) is 46.1 Å². The number of hydrogen-bond donors (Lipinski definition) is 1. The second kappa shape index (κ2) is 11.7. The zero-order valence-corrected chi connectivity index (χ0v) is 23.0. The average Bonchev–Trinajstić information content (AvgIpc) is 3.39. The van der Waals surface area contributed by atoms with Crippen LogP contribution in [0.15, 0.2) is 103 Å². The van der Waals surface area contributed by atoms with Crippen molar-refractivity contribution >= 4 is 28.6 Å². The number of carbonyl (C=O) groups is 2. The number of rotatable bonds is 7. The minimum absolute atomic E-state index is 0.0422. The standard InChI is InChI=1S/C34H32N4O3/c1-37(32(39)28-20-12-18-24-17-8-9-19-27(24)28)31-33(38-22-11-10-21-30(38)36-31)41-34(40)35-23-29(25-13-4-2-5-14-25)26-15-6-3-7-16-26/h2-9,12-20,29H,10-11,21-23H2,1H3,(H,35,40). The number of carbonyl (C=O) groups excluding carboxylic acids is 2. The highest BCUT2D eigenvalue weighted by molar-refractivity contribution is 6.14. The number of ether oxygens (including phenoxy) is 1. The lowest BCUT2D eigenvalue weighted by atomic mass is 9.91. The molecule has 5 aromatic rings. The number of nitrogens with one attached hydrogen (secondary N) is 1. The van der Waals surface area contributed by atoms with Gasteiger partial charge in [-0.1, -0.05) is 97.1 Å². The first-order chi connectivity index (χ1) is 20.1. The van der Waals surface area contributed by atoms with Gasteiger partial charge in [-0.05, 0) is 40.8 Å². The molecule has 2 amide bonds. The summed E-state index contributed by atoms with van der Waals surface area (Å²) >= 11 is 0. The van der Waals surface area contributed by atoms with Gasteiger partial charge in [0.05, 0.1) is 0 Å². The Labute approximate surface area is 239 Å². The summed E-state index contributed by atoms with van der Waals surface area (Å²) < 4.78 is 7.89. The van der Waals surface area contributed by atoms with Crippen LogP contribution in [0, 0.1) is 0 Å². The molecule has 0 saturated heterocycles. The normalized spacial score (nSPS) is 12.6. The fraction of sp³-hybridized carbons (Fsp3) is 0.206. The van der Waals surface area contributed by atoms with Crippen molar-refractivity contribution in [3.8, 4) is 5.88 Å². The van der Waals surface area contributed by atoms with Crippen molar-refractivity contribution in [1.29, 1.82) is 0 Å². The molecule has 7 nitrogen and oxygen atoms in total. The van der Waals surface area contributed by atoms with Crippen molar-refractivity contribution in [2.45, 2.75) is 31.7 Å². The maximum atomic E-state index is 13.8. The Bertz CT molecular complexity index is 1640. The van der Waals surface area contributed by atoms with Gasteiger partial charge < -0.3 is 10.1 Å². The van der Waals surface area contributed by atoms with E-state index in [0.29, 0.717) is 30.4 Å². The molecular formula is C34H32N4O3. The summed E-state index contributed by atoms with van der Waals surface area (Å²) in [5.74, 6) is 1.20. The highest BCUT2D eigenvalue weighted by atomic mass is 16.6. The molecule has 0 saturated carbocycles. The summed E-state index contributed by atoms with van der Waals surface area (Å²) in [6.07, 6.45) is 2.13. The highest BCUT2D eigenvalue weighted by Crippen LogP contribution is 2.34. The molecule has 0 fully saturated rings. The lowest BCUT2D eigenvalue weighted by Crippen LogP contribution is -2.33. The van der Waals surface area contributed by atoms with Crippen LogP contribution in [0.2, 0.25) is 0 Å². The van der Waals surface area contributed by atoms with Crippen LogP contribution in [0.25, 0.3) is 10.8 Å². The predicted molar refractivity (Wildman–Crippen MR) is 161 cm³/mol. The molecule has 0 radical (unpaired) electrons. The maximum absolute atomic E-state index is 13.8. The molecule has 0 spiro atoms. The summed E-state index contributed by atoms with van der Waals surface area (Å²) in [6, 6.07) is 33.7. The number of nitrogens with zero attached hydrogens (tertiary/aromatic N) is 3. The summed E-state index contributed by atoms with van der Waals surface area (Å²) in [4.78, 5) is 33.3. The average molecular weight is 545 g/mol. The Morgan fingerprint density at radius 2 is 1.54 bits per heavy atom. The number of benzene rings is 4. The predicted octanol–water partition coefficient (Wildman–Crippen LogP) is 6.57. The van der Waals surface area contributed by atoms with Gasteiger partial charge in [-0.25, -0.2) is 9.78 Å². The molecule has 206 valence electrons. The Balaban J connectivity index is 1.26. The third-order valence-electron chi connectivity index (χ3n) is 7.70.